The van der Waals surface area contributed by atoms with Crippen molar-refractivity contribution in [1.82, 2.24) is 0 Å². The number of aryl methyl sites for hydroxylation is 1. The van der Waals surface area contributed by atoms with Crippen LogP contribution in [0.5, 0.6) is 0 Å². The van der Waals surface area contributed by atoms with Gasteiger partial charge in [-0.3, -0.25) is 9.10 Å². The molecule has 0 aliphatic carbocycles. The summed E-state index contributed by atoms with van der Waals surface area (Å²) in [6.45, 7) is 5.74. The summed E-state index contributed by atoms with van der Waals surface area (Å²) in [5.41, 5.74) is 2.18. The molecule has 28 heavy (non-hydrogen) atoms. The molecule has 0 radical (unpaired) electrons. The summed E-state index contributed by atoms with van der Waals surface area (Å²) in [6.07, 6.45) is 3.02. The molecular weight excluding hydrogens is 374 g/mol. The minimum Gasteiger partial charge on any atom is -0.461 e. The van der Waals surface area contributed by atoms with Crippen LogP contribution in [0, 0.1) is 6.92 Å². The summed E-state index contributed by atoms with van der Waals surface area (Å²) in [5, 5.41) is 0. The standard InChI is InChI=1S/C22H19NO4S/c1-3-17-18-7-4-5-8-19(18)23(21(17)22(24)20-9-6-14-27-20)28(25,26)16-12-10-15(2)11-13-16/h3-14,17,21H,1H2,2H3/t17-,21-/m1/s1. The van der Waals surface area contributed by atoms with Gasteiger partial charge in [-0.2, -0.15) is 0 Å². The van der Waals surface area contributed by atoms with Crippen LogP contribution in [0.1, 0.15) is 27.6 Å². The lowest BCUT2D eigenvalue weighted by molar-refractivity contribution is 0.0933. The fraction of sp³-hybridized carbons (Fsp3) is 0.136. The Labute approximate surface area is 164 Å². The first kappa shape index (κ1) is 18.3. The van der Waals surface area contributed by atoms with E-state index < -0.39 is 27.8 Å². The Hall–Kier alpha value is -3.12. The van der Waals surface area contributed by atoms with Gasteiger partial charge in [0.1, 0.15) is 6.04 Å². The van der Waals surface area contributed by atoms with Crippen LogP contribution in [0.25, 0.3) is 0 Å². The zero-order chi connectivity index (χ0) is 19.9. The smallest absolute Gasteiger partial charge is 0.265 e. The molecule has 3 aromatic rings. The van der Waals surface area contributed by atoms with E-state index in [0.717, 1.165) is 11.1 Å². The monoisotopic (exact) mass is 393 g/mol. The molecule has 0 amide bonds. The number of ketones is 1. The second-order valence-electron chi connectivity index (χ2n) is 6.72. The van der Waals surface area contributed by atoms with Crippen molar-refractivity contribution in [3.8, 4) is 0 Å². The van der Waals surface area contributed by atoms with Gasteiger partial charge in [0.2, 0.25) is 5.78 Å². The van der Waals surface area contributed by atoms with Crippen molar-refractivity contribution in [2.75, 3.05) is 4.31 Å². The summed E-state index contributed by atoms with van der Waals surface area (Å²) < 4.78 is 33.6. The molecule has 2 aromatic carbocycles. The van der Waals surface area contributed by atoms with Crippen LogP contribution in [0.3, 0.4) is 0 Å². The van der Waals surface area contributed by atoms with E-state index in [0.29, 0.717) is 5.69 Å². The average Bonchev–Trinajstić information content (AvgIpc) is 3.34. The van der Waals surface area contributed by atoms with Gasteiger partial charge in [0.15, 0.2) is 5.76 Å². The number of carbonyl (C=O) groups is 1. The third-order valence-corrected chi connectivity index (χ3v) is 6.80. The zero-order valence-electron chi connectivity index (χ0n) is 15.3. The second kappa shape index (κ2) is 6.80. The topological polar surface area (TPSA) is 67.6 Å². The Balaban J connectivity index is 1.91. The van der Waals surface area contributed by atoms with Crippen molar-refractivity contribution in [1.29, 1.82) is 0 Å². The molecule has 1 aromatic heterocycles. The van der Waals surface area contributed by atoms with Crippen LogP contribution in [-0.2, 0) is 10.0 Å². The minimum atomic E-state index is -3.97. The SMILES string of the molecule is C=C[C@@H]1c2ccccc2N(S(=O)(=O)c2ccc(C)cc2)[C@H]1C(=O)c1ccco1. The fourth-order valence-electron chi connectivity index (χ4n) is 3.63. The van der Waals surface area contributed by atoms with Crippen LogP contribution in [0.4, 0.5) is 5.69 Å². The molecule has 1 aliphatic heterocycles. The number of fused-ring (bicyclic) bond motifs is 1. The summed E-state index contributed by atoms with van der Waals surface area (Å²) >= 11 is 0. The molecule has 5 nitrogen and oxygen atoms in total. The maximum Gasteiger partial charge on any atom is 0.265 e. The molecule has 0 unspecified atom stereocenters. The van der Waals surface area contributed by atoms with Crippen molar-refractivity contribution in [3.05, 3.63) is 96.5 Å². The molecule has 1 aliphatic rings. The number of anilines is 1. The van der Waals surface area contributed by atoms with E-state index in [1.807, 2.05) is 19.1 Å². The number of hydrogen-bond donors (Lipinski definition) is 0. The van der Waals surface area contributed by atoms with Gasteiger partial charge in [-0.15, -0.1) is 6.58 Å². The Morgan fingerprint density at radius 2 is 1.79 bits per heavy atom. The first-order valence-electron chi connectivity index (χ1n) is 8.85. The number of rotatable bonds is 5. The van der Waals surface area contributed by atoms with Crippen LogP contribution in [-0.4, -0.2) is 20.2 Å². The van der Waals surface area contributed by atoms with E-state index in [1.54, 1.807) is 54.6 Å². The molecule has 2 heterocycles. The van der Waals surface area contributed by atoms with Gasteiger partial charge in [0, 0.05) is 5.92 Å². The molecule has 0 bridgehead atoms. The van der Waals surface area contributed by atoms with Crippen molar-refractivity contribution >= 4 is 21.5 Å². The van der Waals surface area contributed by atoms with E-state index in [1.165, 1.54) is 10.6 Å². The van der Waals surface area contributed by atoms with Crippen LogP contribution < -0.4 is 4.31 Å². The van der Waals surface area contributed by atoms with Gasteiger partial charge in [-0.25, -0.2) is 8.42 Å². The molecule has 0 saturated heterocycles. The normalized spacial score (nSPS) is 18.7. The molecule has 142 valence electrons. The number of sulfonamides is 1. The highest BCUT2D eigenvalue weighted by Crippen LogP contribution is 2.45. The first-order chi connectivity index (χ1) is 13.4. The number of hydrogen-bond acceptors (Lipinski definition) is 4. The van der Waals surface area contributed by atoms with Crippen molar-refractivity contribution in [2.24, 2.45) is 0 Å². The van der Waals surface area contributed by atoms with E-state index in [-0.39, 0.29) is 10.7 Å². The molecule has 0 saturated carbocycles. The number of para-hydroxylation sites is 1. The third kappa shape index (κ3) is 2.77. The maximum absolute atomic E-state index is 13.6. The lowest BCUT2D eigenvalue weighted by Gasteiger charge is -2.27. The summed E-state index contributed by atoms with van der Waals surface area (Å²) in [7, 11) is -3.97. The summed E-state index contributed by atoms with van der Waals surface area (Å²) in [6, 6.07) is 15.9. The minimum absolute atomic E-state index is 0.119. The Kier molecular flexibility index (Phi) is 4.43. The van der Waals surface area contributed by atoms with Crippen molar-refractivity contribution in [3.63, 3.8) is 0 Å². The Bertz CT molecular complexity index is 1130. The predicted molar refractivity (Wildman–Crippen MR) is 107 cm³/mol. The third-order valence-electron chi connectivity index (χ3n) is 4.99. The van der Waals surface area contributed by atoms with Gasteiger partial charge in [-0.05, 0) is 42.8 Å². The average molecular weight is 393 g/mol. The number of furan rings is 1. The molecule has 2 atom stereocenters. The zero-order valence-corrected chi connectivity index (χ0v) is 16.1. The van der Waals surface area contributed by atoms with Crippen LogP contribution in [0.15, 0.2) is 88.9 Å². The molecule has 0 fully saturated rings. The van der Waals surface area contributed by atoms with Crippen LogP contribution >= 0.6 is 0 Å². The maximum atomic E-state index is 13.6. The molecular formula is C22H19NO4S. The van der Waals surface area contributed by atoms with E-state index in [2.05, 4.69) is 6.58 Å². The van der Waals surface area contributed by atoms with Crippen molar-refractivity contribution in [2.45, 2.75) is 23.8 Å². The molecule has 0 spiro atoms. The van der Waals surface area contributed by atoms with Gasteiger partial charge >= 0.3 is 0 Å². The lowest BCUT2D eigenvalue weighted by Crippen LogP contribution is -2.44. The number of Topliss-reactive ketones (excluding diaryl/α,β-unsaturated/α-hetero) is 1. The Morgan fingerprint density at radius 1 is 1.07 bits per heavy atom. The summed E-state index contributed by atoms with van der Waals surface area (Å²) in [4.78, 5) is 13.4. The van der Waals surface area contributed by atoms with Gasteiger partial charge in [0.25, 0.3) is 10.0 Å². The largest absolute Gasteiger partial charge is 0.461 e. The second-order valence-corrected chi connectivity index (χ2v) is 8.54. The lowest BCUT2D eigenvalue weighted by atomic mass is 9.92. The number of nitrogens with zero attached hydrogens (tertiary/aromatic N) is 1. The molecule has 4 rings (SSSR count). The van der Waals surface area contributed by atoms with Gasteiger partial charge < -0.3 is 4.42 Å². The number of benzene rings is 2. The highest BCUT2D eigenvalue weighted by atomic mass is 32.2. The fourth-order valence-corrected chi connectivity index (χ4v) is 5.29. The predicted octanol–water partition coefficient (Wildman–Crippen LogP) is 4.32. The first-order valence-corrected chi connectivity index (χ1v) is 10.3. The van der Waals surface area contributed by atoms with Crippen molar-refractivity contribution < 1.29 is 17.6 Å². The van der Waals surface area contributed by atoms with E-state index >= 15 is 0 Å². The van der Waals surface area contributed by atoms with E-state index in [4.69, 9.17) is 4.42 Å². The highest BCUT2D eigenvalue weighted by Gasteiger charge is 2.48. The quantitative estimate of drug-likeness (QED) is 0.478. The van der Waals surface area contributed by atoms with Crippen LogP contribution in [0.2, 0.25) is 0 Å². The summed E-state index contributed by atoms with van der Waals surface area (Å²) in [5.74, 6) is -0.760. The molecule has 0 N–H and O–H groups in total. The highest BCUT2D eigenvalue weighted by molar-refractivity contribution is 7.93. The molecule has 6 heteroatoms. The number of carbonyl (C=O) groups excluding carboxylic acids is 1. The Morgan fingerprint density at radius 3 is 2.43 bits per heavy atom. The van der Waals surface area contributed by atoms with E-state index in [9.17, 15) is 13.2 Å². The van der Waals surface area contributed by atoms with Gasteiger partial charge in [-0.1, -0.05) is 42.0 Å². The van der Waals surface area contributed by atoms with Gasteiger partial charge in [0.05, 0.1) is 16.8 Å².